The topological polar surface area (TPSA) is 26.3 Å². The van der Waals surface area contributed by atoms with E-state index in [9.17, 15) is 4.79 Å². The highest BCUT2D eigenvalue weighted by Gasteiger charge is 2.08. The summed E-state index contributed by atoms with van der Waals surface area (Å²) in [5.41, 5.74) is 0.542. The number of benzene rings is 1. The number of carbonyl (C=O) groups excluding carboxylic acids is 1. The molecular weight excluding hydrogens is 188 g/mol. The van der Waals surface area contributed by atoms with Gasteiger partial charge in [-0.1, -0.05) is 38.1 Å². The van der Waals surface area contributed by atoms with Crippen molar-refractivity contribution in [1.29, 1.82) is 0 Å². The van der Waals surface area contributed by atoms with Crippen molar-refractivity contribution in [3.05, 3.63) is 42.5 Å². The molecule has 80 valence electrons. The van der Waals surface area contributed by atoms with Crippen molar-refractivity contribution in [3.8, 4) is 5.75 Å². The van der Waals surface area contributed by atoms with E-state index in [4.69, 9.17) is 4.74 Å². The highest BCUT2D eigenvalue weighted by molar-refractivity contribution is 5.89. The van der Waals surface area contributed by atoms with E-state index < -0.39 is 0 Å². The molecule has 0 bridgehead atoms. The summed E-state index contributed by atoms with van der Waals surface area (Å²) in [6, 6.07) is 9.05. The van der Waals surface area contributed by atoms with Crippen LogP contribution in [0.4, 0.5) is 0 Å². The molecule has 0 atom stereocenters. The molecule has 15 heavy (non-hydrogen) atoms. The fourth-order valence-corrected chi connectivity index (χ4v) is 1.16. The van der Waals surface area contributed by atoms with Crippen molar-refractivity contribution in [2.45, 2.75) is 26.2 Å². The van der Waals surface area contributed by atoms with Crippen LogP contribution in [0.2, 0.25) is 0 Å². The Balaban J connectivity index is 2.45. The predicted molar refractivity (Wildman–Crippen MR) is 60.7 cm³/mol. The first-order valence-electron chi connectivity index (χ1n) is 5.19. The molecule has 2 heteroatoms. The van der Waals surface area contributed by atoms with E-state index in [1.54, 1.807) is 12.1 Å². The number of unbranched alkanes of at least 4 members (excludes halogenated alkanes) is 1. The third kappa shape index (κ3) is 3.98. The Hall–Kier alpha value is -1.57. The molecule has 0 unspecified atom stereocenters. The van der Waals surface area contributed by atoms with Gasteiger partial charge in [0.2, 0.25) is 0 Å². The first-order chi connectivity index (χ1) is 7.24. The average Bonchev–Trinajstić information content (AvgIpc) is 2.27. The molecule has 0 aliphatic carbocycles. The Bertz CT molecular complexity index is 328. The smallest absolute Gasteiger partial charge is 0.338 e. The first kappa shape index (κ1) is 11.5. The van der Waals surface area contributed by atoms with Crippen molar-refractivity contribution < 1.29 is 9.53 Å². The van der Waals surface area contributed by atoms with Gasteiger partial charge in [-0.2, -0.15) is 0 Å². The van der Waals surface area contributed by atoms with Crippen LogP contribution >= 0.6 is 0 Å². The van der Waals surface area contributed by atoms with Crippen molar-refractivity contribution >= 4 is 5.97 Å². The van der Waals surface area contributed by atoms with Crippen LogP contribution in [0.5, 0.6) is 5.75 Å². The summed E-state index contributed by atoms with van der Waals surface area (Å²) in [5, 5.41) is 0. The van der Waals surface area contributed by atoms with E-state index in [0.29, 0.717) is 17.7 Å². The minimum atomic E-state index is -0.324. The van der Waals surface area contributed by atoms with E-state index in [0.717, 1.165) is 12.8 Å². The van der Waals surface area contributed by atoms with E-state index in [-0.39, 0.29) is 5.97 Å². The van der Waals surface area contributed by atoms with Crippen LogP contribution in [0.15, 0.2) is 42.5 Å². The SMILES string of the molecule is C=C(CCCC)C(=O)Oc1ccccc1. The third-order valence-corrected chi connectivity index (χ3v) is 2.07. The second-order valence-electron chi connectivity index (χ2n) is 3.41. The summed E-state index contributed by atoms with van der Waals surface area (Å²) in [6.45, 7) is 5.79. The molecule has 0 radical (unpaired) electrons. The number of hydrogen-bond donors (Lipinski definition) is 0. The van der Waals surface area contributed by atoms with Crippen molar-refractivity contribution in [1.82, 2.24) is 0 Å². The Morgan fingerprint density at radius 3 is 2.60 bits per heavy atom. The van der Waals surface area contributed by atoms with Gasteiger partial charge in [0.25, 0.3) is 0 Å². The molecule has 0 saturated carbocycles. The molecule has 1 rings (SSSR count). The van der Waals surface area contributed by atoms with Crippen molar-refractivity contribution in [2.75, 3.05) is 0 Å². The van der Waals surface area contributed by atoms with Gasteiger partial charge in [0.15, 0.2) is 0 Å². The molecule has 0 N–H and O–H groups in total. The van der Waals surface area contributed by atoms with E-state index in [1.807, 2.05) is 18.2 Å². The zero-order chi connectivity index (χ0) is 11.1. The van der Waals surface area contributed by atoms with Crippen LogP contribution in [-0.2, 0) is 4.79 Å². The third-order valence-electron chi connectivity index (χ3n) is 2.07. The van der Waals surface area contributed by atoms with Gasteiger partial charge in [-0.3, -0.25) is 0 Å². The maximum Gasteiger partial charge on any atom is 0.338 e. The highest BCUT2D eigenvalue weighted by atomic mass is 16.5. The number of esters is 1. The minimum absolute atomic E-state index is 0.324. The minimum Gasteiger partial charge on any atom is -0.423 e. The molecule has 0 aliphatic heterocycles. The molecule has 2 nitrogen and oxygen atoms in total. The van der Waals surface area contributed by atoms with Gasteiger partial charge in [-0.05, 0) is 25.0 Å². The van der Waals surface area contributed by atoms with Gasteiger partial charge in [0, 0.05) is 5.57 Å². The van der Waals surface area contributed by atoms with Gasteiger partial charge < -0.3 is 4.74 Å². The lowest BCUT2D eigenvalue weighted by atomic mass is 10.1. The first-order valence-corrected chi connectivity index (χ1v) is 5.19. The lowest BCUT2D eigenvalue weighted by Crippen LogP contribution is -2.10. The molecule has 1 aromatic rings. The van der Waals surface area contributed by atoms with Gasteiger partial charge in [0.1, 0.15) is 5.75 Å². The van der Waals surface area contributed by atoms with E-state index in [2.05, 4.69) is 13.5 Å². The fourth-order valence-electron chi connectivity index (χ4n) is 1.16. The number of hydrogen-bond acceptors (Lipinski definition) is 2. The lowest BCUT2D eigenvalue weighted by Gasteiger charge is -2.05. The summed E-state index contributed by atoms with van der Waals surface area (Å²) in [5.74, 6) is 0.245. The van der Waals surface area contributed by atoms with Crippen LogP contribution < -0.4 is 4.74 Å². The van der Waals surface area contributed by atoms with Crippen LogP contribution in [0, 0.1) is 0 Å². The van der Waals surface area contributed by atoms with Crippen LogP contribution in [0.25, 0.3) is 0 Å². The second-order valence-corrected chi connectivity index (χ2v) is 3.41. The quantitative estimate of drug-likeness (QED) is 0.417. The predicted octanol–water partition coefficient (Wildman–Crippen LogP) is 3.34. The highest BCUT2D eigenvalue weighted by Crippen LogP contribution is 2.12. The monoisotopic (exact) mass is 204 g/mol. The van der Waals surface area contributed by atoms with Gasteiger partial charge >= 0.3 is 5.97 Å². The normalized spacial score (nSPS) is 9.67. The number of para-hydroxylation sites is 1. The summed E-state index contributed by atoms with van der Waals surface area (Å²) in [6.07, 6.45) is 2.74. The summed E-state index contributed by atoms with van der Waals surface area (Å²) in [7, 11) is 0. The van der Waals surface area contributed by atoms with Crippen LogP contribution in [0.3, 0.4) is 0 Å². The summed E-state index contributed by atoms with van der Waals surface area (Å²) < 4.78 is 5.13. The molecule has 0 aromatic heterocycles. The second kappa shape index (κ2) is 6.02. The van der Waals surface area contributed by atoms with Crippen molar-refractivity contribution in [2.24, 2.45) is 0 Å². The molecule has 0 saturated heterocycles. The van der Waals surface area contributed by atoms with Crippen LogP contribution in [-0.4, -0.2) is 5.97 Å². The lowest BCUT2D eigenvalue weighted by molar-refractivity contribution is -0.130. The molecular formula is C13H16O2. The number of carbonyl (C=O) groups is 1. The molecule has 0 spiro atoms. The summed E-state index contributed by atoms with van der Waals surface area (Å²) >= 11 is 0. The molecule has 0 fully saturated rings. The molecule has 1 aromatic carbocycles. The molecule has 0 amide bonds. The Kier molecular flexibility index (Phi) is 4.61. The number of rotatable bonds is 5. The van der Waals surface area contributed by atoms with Gasteiger partial charge in [-0.15, -0.1) is 0 Å². The Morgan fingerprint density at radius 1 is 1.33 bits per heavy atom. The Morgan fingerprint density at radius 2 is 2.00 bits per heavy atom. The van der Waals surface area contributed by atoms with Crippen LogP contribution in [0.1, 0.15) is 26.2 Å². The molecule has 0 aliphatic rings. The maximum atomic E-state index is 11.5. The number of ether oxygens (including phenoxy) is 1. The molecule has 0 heterocycles. The standard InChI is InChI=1S/C13H16O2/c1-3-4-8-11(2)13(14)15-12-9-6-5-7-10-12/h5-7,9-10H,2-4,8H2,1H3. The fraction of sp³-hybridized carbons (Fsp3) is 0.308. The van der Waals surface area contributed by atoms with Gasteiger partial charge in [0.05, 0.1) is 0 Å². The largest absolute Gasteiger partial charge is 0.423 e. The van der Waals surface area contributed by atoms with E-state index >= 15 is 0 Å². The Labute approximate surface area is 90.6 Å². The van der Waals surface area contributed by atoms with E-state index in [1.165, 1.54) is 0 Å². The maximum absolute atomic E-state index is 11.5. The average molecular weight is 204 g/mol. The van der Waals surface area contributed by atoms with Gasteiger partial charge in [-0.25, -0.2) is 4.79 Å². The zero-order valence-electron chi connectivity index (χ0n) is 9.03. The van der Waals surface area contributed by atoms with Crippen molar-refractivity contribution in [3.63, 3.8) is 0 Å². The summed E-state index contributed by atoms with van der Waals surface area (Å²) in [4.78, 5) is 11.5. The zero-order valence-corrected chi connectivity index (χ0v) is 9.03.